The molecule has 1 N–H and O–H groups in total. The first-order valence-corrected chi connectivity index (χ1v) is 6.08. The van der Waals surface area contributed by atoms with Crippen LogP contribution >= 0.6 is 11.6 Å². The number of halogens is 1. The fraction of sp³-hybridized carbons (Fsp3) is 0.286. The van der Waals surface area contributed by atoms with Crippen LogP contribution in [0.3, 0.4) is 0 Å². The highest BCUT2D eigenvalue weighted by atomic mass is 35.5. The lowest BCUT2D eigenvalue weighted by molar-refractivity contribution is 0.498. The van der Waals surface area contributed by atoms with Crippen LogP contribution in [0.15, 0.2) is 41.0 Å². The highest BCUT2D eigenvalue weighted by Gasteiger charge is 2.06. The zero-order valence-electron chi connectivity index (χ0n) is 10.0. The van der Waals surface area contributed by atoms with E-state index in [9.17, 15) is 0 Å². The van der Waals surface area contributed by atoms with Crippen molar-refractivity contribution in [1.29, 1.82) is 0 Å². The first-order chi connectivity index (χ1) is 8.15. The zero-order valence-corrected chi connectivity index (χ0v) is 10.8. The van der Waals surface area contributed by atoms with Crippen molar-refractivity contribution in [3.63, 3.8) is 0 Å². The van der Waals surface area contributed by atoms with Gasteiger partial charge in [-0.15, -0.1) is 0 Å². The third-order valence-electron chi connectivity index (χ3n) is 2.67. The Bertz CT molecular complexity index is 479. The molecule has 3 heteroatoms. The van der Waals surface area contributed by atoms with E-state index >= 15 is 0 Å². The van der Waals surface area contributed by atoms with E-state index < -0.39 is 0 Å². The Balaban J connectivity index is 1.98. The van der Waals surface area contributed by atoms with Crippen LogP contribution in [0.1, 0.15) is 18.2 Å². The molecule has 0 bridgehead atoms. The first kappa shape index (κ1) is 12.1. The largest absolute Gasteiger partial charge is 0.469 e. The molecule has 1 atom stereocenters. The Hall–Kier alpha value is -1.41. The quantitative estimate of drug-likeness (QED) is 0.875. The lowest BCUT2D eigenvalue weighted by Crippen LogP contribution is -2.17. The Morgan fingerprint density at radius 1 is 1.35 bits per heavy atom. The van der Waals surface area contributed by atoms with E-state index in [4.69, 9.17) is 16.0 Å². The molecule has 0 saturated heterocycles. The molecule has 0 radical (unpaired) electrons. The summed E-state index contributed by atoms with van der Waals surface area (Å²) in [5.41, 5.74) is 2.13. The molecular weight excluding hydrogens is 234 g/mol. The van der Waals surface area contributed by atoms with E-state index in [1.807, 2.05) is 37.3 Å². The molecule has 0 aliphatic rings. The summed E-state index contributed by atoms with van der Waals surface area (Å²) < 4.78 is 5.32. The van der Waals surface area contributed by atoms with Gasteiger partial charge in [0.05, 0.1) is 6.26 Å². The lowest BCUT2D eigenvalue weighted by Gasteiger charge is -2.14. The molecule has 1 aromatic heterocycles. The van der Waals surface area contributed by atoms with Gasteiger partial charge >= 0.3 is 0 Å². The average Bonchev–Trinajstić information content (AvgIpc) is 2.76. The summed E-state index contributed by atoms with van der Waals surface area (Å²) in [6.07, 6.45) is 2.56. The summed E-state index contributed by atoms with van der Waals surface area (Å²) >= 11 is 6.08. The van der Waals surface area contributed by atoms with Crippen LogP contribution in [0.4, 0.5) is 5.69 Å². The van der Waals surface area contributed by atoms with Gasteiger partial charge in [-0.1, -0.05) is 17.7 Å². The number of nitrogens with one attached hydrogen (secondary N) is 1. The van der Waals surface area contributed by atoms with Crippen molar-refractivity contribution in [3.8, 4) is 0 Å². The maximum atomic E-state index is 6.08. The molecular formula is C14H16ClNO. The minimum absolute atomic E-state index is 0.305. The van der Waals surface area contributed by atoms with Crippen LogP contribution in [0.5, 0.6) is 0 Å². The van der Waals surface area contributed by atoms with Gasteiger partial charge in [-0.3, -0.25) is 0 Å². The second-order valence-corrected chi connectivity index (χ2v) is 4.70. The molecule has 2 aromatic rings. The summed E-state index contributed by atoms with van der Waals surface area (Å²) in [6.45, 7) is 4.12. The second kappa shape index (κ2) is 5.28. The Morgan fingerprint density at radius 3 is 2.82 bits per heavy atom. The van der Waals surface area contributed by atoms with Crippen LogP contribution in [0.2, 0.25) is 5.02 Å². The predicted octanol–water partition coefficient (Wildman–Crippen LogP) is 4.28. The molecule has 1 unspecified atom stereocenters. The molecule has 90 valence electrons. The molecule has 0 aliphatic heterocycles. The van der Waals surface area contributed by atoms with Gasteiger partial charge in [0, 0.05) is 23.2 Å². The van der Waals surface area contributed by atoms with Crippen LogP contribution in [-0.2, 0) is 6.42 Å². The van der Waals surface area contributed by atoms with E-state index in [0.717, 1.165) is 28.5 Å². The van der Waals surface area contributed by atoms with Crippen molar-refractivity contribution in [2.45, 2.75) is 26.3 Å². The third-order valence-corrected chi connectivity index (χ3v) is 3.08. The van der Waals surface area contributed by atoms with Crippen molar-refractivity contribution in [2.75, 3.05) is 5.32 Å². The Kier molecular flexibility index (Phi) is 3.75. The van der Waals surface area contributed by atoms with E-state index in [0.29, 0.717) is 6.04 Å². The normalized spacial score (nSPS) is 12.4. The highest BCUT2D eigenvalue weighted by molar-refractivity contribution is 6.31. The molecule has 0 spiro atoms. The molecule has 0 amide bonds. The van der Waals surface area contributed by atoms with Crippen molar-refractivity contribution in [2.24, 2.45) is 0 Å². The van der Waals surface area contributed by atoms with Crippen molar-refractivity contribution in [1.82, 2.24) is 0 Å². The number of aryl methyl sites for hydroxylation is 1. The number of anilines is 1. The van der Waals surface area contributed by atoms with Gasteiger partial charge in [0.1, 0.15) is 5.76 Å². The molecule has 1 heterocycles. The molecule has 17 heavy (non-hydrogen) atoms. The van der Waals surface area contributed by atoms with Crippen LogP contribution < -0.4 is 5.32 Å². The van der Waals surface area contributed by atoms with Crippen LogP contribution in [0.25, 0.3) is 0 Å². The minimum Gasteiger partial charge on any atom is -0.469 e. The molecule has 2 rings (SSSR count). The topological polar surface area (TPSA) is 25.2 Å². The predicted molar refractivity (Wildman–Crippen MR) is 71.7 cm³/mol. The smallest absolute Gasteiger partial charge is 0.105 e. The maximum Gasteiger partial charge on any atom is 0.105 e. The summed E-state index contributed by atoms with van der Waals surface area (Å²) in [6, 6.07) is 10.2. The van der Waals surface area contributed by atoms with E-state index in [1.54, 1.807) is 6.26 Å². The van der Waals surface area contributed by atoms with Crippen molar-refractivity contribution in [3.05, 3.63) is 52.9 Å². The number of hydrogen-bond acceptors (Lipinski definition) is 2. The first-order valence-electron chi connectivity index (χ1n) is 5.70. The number of hydrogen-bond donors (Lipinski definition) is 1. The monoisotopic (exact) mass is 249 g/mol. The van der Waals surface area contributed by atoms with Gasteiger partial charge in [-0.05, 0) is 43.7 Å². The highest BCUT2D eigenvalue weighted by Crippen LogP contribution is 2.21. The molecule has 2 nitrogen and oxygen atoms in total. The second-order valence-electron chi connectivity index (χ2n) is 4.29. The fourth-order valence-corrected chi connectivity index (χ4v) is 1.93. The van der Waals surface area contributed by atoms with Gasteiger partial charge in [0.15, 0.2) is 0 Å². The van der Waals surface area contributed by atoms with E-state index in [2.05, 4.69) is 12.2 Å². The van der Waals surface area contributed by atoms with Gasteiger partial charge in [0.2, 0.25) is 0 Å². The summed E-state index contributed by atoms with van der Waals surface area (Å²) in [5.74, 6) is 0.989. The Morgan fingerprint density at radius 2 is 2.18 bits per heavy atom. The number of furan rings is 1. The molecule has 0 aliphatic carbocycles. The fourth-order valence-electron chi connectivity index (χ4n) is 1.75. The average molecular weight is 250 g/mol. The van der Waals surface area contributed by atoms with E-state index in [-0.39, 0.29) is 0 Å². The number of benzene rings is 1. The van der Waals surface area contributed by atoms with Gasteiger partial charge < -0.3 is 9.73 Å². The standard InChI is InChI=1S/C14H16ClNO/c1-10-5-6-12(9-14(10)15)16-11(2)8-13-4-3-7-17-13/h3-7,9,11,16H,8H2,1-2H3. The lowest BCUT2D eigenvalue weighted by atomic mass is 10.1. The molecule has 0 fully saturated rings. The molecule has 0 saturated carbocycles. The van der Waals surface area contributed by atoms with Gasteiger partial charge in [-0.25, -0.2) is 0 Å². The van der Waals surface area contributed by atoms with Crippen LogP contribution in [0, 0.1) is 6.92 Å². The Labute approximate surface area is 107 Å². The number of rotatable bonds is 4. The zero-order chi connectivity index (χ0) is 12.3. The van der Waals surface area contributed by atoms with Crippen molar-refractivity contribution < 1.29 is 4.42 Å². The van der Waals surface area contributed by atoms with Crippen LogP contribution in [-0.4, -0.2) is 6.04 Å². The van der Waals surface area contributed by atoms with Gasteiger partial charge in [-0.2, -0.15) is 0 Å². The maximum absolute atomic E-state index is 6.08. The van der Waals surface area contributed by atoms with Gasteiger partial charge in [0.25, 0.3) is 0 Å². The molecule has 1 aromatic carbocycles. The SMILES string of the molecule is Cc1ccc(NC(C)Cc2ccco2)cc1Cl. The summed E-state index contributed by atoms with van der Waals surface area (Å²) in [5, 5.41) is 4.20. The third kappa shape index (κ3) is 3.27. The summed E-state index contributed by atoms with van der Waals surface area (Å²) in [4.78, 5) is 0. The summed E-state index contributed by atoms with van der Waals surface area (Å²) in [7, 11) is 0. The van der Waals surface area contributed by atoms with E-state index in [1.165, 1.54) is 0 Å². The minimum atomic E-state index is 0.305. The van der Waals surface area contributed by atoms with Crippen molar-refractivity contribution >= 4 is 17.3 Å².